The maximum absolute atomic E-state index is 14.1. The van der Waals surface area contributed by atoms with E-state index >= 15 is 0 Å². The molecular weight excluding hydrogens is 877 g/mol. The van der Waals surface area contributed by atoms with Crippen molar-refractivity contribution in [3.8, 4) is 11.5 Å². The highest BCUT2D eigenvalue weighted by Gasteiger charge is 2.60. The van der Waals surface area contributed by atoms with Crippen molar-refractivity contribution in [2.45, 2.75) is 180 Å². The number of ether oxygens (including phenoxy) is 3. The quantitative estimate of drug-likeness (QED) is 0.0519. The molecule has 2 amide bonds. The first-order valence-corrected chi connectivity index (χ1v) is 25.3. The maximum Gasteiger partial charge on any atom is 0.353 e. The maximum atomic E-state index is 14.1. The van der Waals surface area contributed by atoms with Crippen LogP contribution in [0, 0.1) is 22.7 Å². The SMILES string of the molecule is CCC(C)(C)C(=O)C(=O)N1CCCC[C@H]1C(=O)O[C@H](CCc1ccc(OC)c(OC)c1)CC(C)(C)CCC(C)(C)N(C)CC[C@@H](O)[C@@H]1C[C@H](SC2=C(C(=O)O)N3C(=O)[C@H]([C@@H](C)O)[C@H]3[C@H]2C)CN1. The molecule has 0 radical (unpaired) electrons. The van der Waals surface area contributed by atoms with Crippen molar-refractivity contribution in [1.29, 1.82) is 0 Å². The molecule has 0 saturated carbocycles. The minimum absolute atomic E-state index is 0.0234. The Bertz CT molecular complexity index is 1990. The normalized spacial score (nSPS) is 24.9. The number of aliphatic hydroxyl groups excluding tert-OH is 2. The van der Waals surface area contributed by atoms with Gasteiger partial charge in [0.05, 0.1) is 38.4 Å². The lowest BCUT2D eigenvalue weighted by Gasteiger charge is -2.46. The Labute approximate surface area is 403 Å². The van der Waals surface area contributed by atoms with Crippen molar-refractivity contribution in [3.63, 3.8) is 0 Å². The Balaban J connectivity index is 1.18. The van der Waals surface area contributed by atoms with Crippen LogP contribution >= 0.6 is 11.8 Å². The van der Waals surface area contributed by atoms with E-state index in [4.69, 9.17) is 14.2 Å². The lowest BCUT2D eigenvalue weighted by Crippen LogP contribution is -2.63. The van der Waals surface area contributed by atoms with Crippen molar-refractivity contribution < 1.29 is 53.5 Å². The number of nitrogens with zero attached hydrogens (tertiary/aromatic N) is 3. The van der Waals surface area contributed by atoms with Crippen LogP contribution in [0.15, 0.2) is 28.8 Å². The number of amides is 2. The summed E-state index contributed by atoms with van der Waals surface area (Å²) < 4.78 is 17.4. The molecule has 0 spiro atoms. The number of likely N-dealkylation sites (tertiary alicyclic amines) is 1. The second-order valence-corrected chi connectivity index (χ2v) is 22.9. The van der Waals surface area contributed by atoms with E-state index in [0.29, 0.717) is 81.0 Å². The van der Waals surface area contributed by atoms with Crippen LogP contribution < -0.4 is 14.8 Å². The molecule has 376 valence electrons. The van der Waals surface area contributed by atoms with E-state index < -0.39 is 59.3 Å². The van der Waals surface area contributed by atoms with E-state index in [2.05, 4.69) is 45.0 Å². The summed E-state index contributed by atoms with van der Waals surface area (Å²) in [5.74, 6) is -2.61. The number of carboxylic acids is 1. The van der Waals surface area contributed by atoms with E-state index in [0.717, 1.165) is 31.2 Å². The number of β-lactam (4-membered cyclic amide) rings is 1. The summed E-state index contributed by atoms with van der Waals surface area (Å²) in [6.07, 6.45) is 5.08. The van der Waals surface area contributed by atoms with Gasteiger partial charge in [-0.1, -0.05) is 47.6 Å². The number of thioether (sulfide) groups is 1. The highest BCUT2D eigenvalue weighted by Crippen LogP contribution is 2.52. The Morgan fingerprint density at radius 2 is 1.69 bits per heavy atom. The monoisotopic (exact) mass is 957 g/mol. The van der Waals surface area contributed by atoms with Gasteiger partial charge in [-0.2, -0.15) is 0 Å². The van der Waals surface area contributed by atoms with Crippen molar-refractivity contribution in [1.82, 2.24) is 20.0 Å². The van der Waals surface area contributed by atoms with Crippen molar-refractivity contribution in [2.24, 2.45) is 22.7 Å². The lowest BCUT2D eigenvalue weighted by atomic mass is 9.78. The first-order chi connectivity index (χ1) is 31.4. The number of methoxy groups -OCH3 is 2. The number of carbonyl (C=O) groups is 5. The molecule has 0 aliphatic carbocycles. The van der Waals surface area contributed by atoms with Gasteiger partial charge in [-0.15, -0.1) is 11.8 Å². The van der Waals surface area contributed by atoms with Crippen LogP contribution in [0.2, 0.25) is 0 Å². The molecule has 9 atom stereocenters. The van der Waals surface area contributed by atoms with E-state index in [9.17, 15) is 39.3 Å². The number of carbonyl (C=O) groups excluding carboxylic acids is 4. The molecule has 4 N–H and O–H groups in total. The van der Waals surface area contributed by atoms with Gasteiger partial charge in [0.1, 0.15) is 17.8 Å². The zero-order valence-corrected chi connectivity index (χ0v) is 43.0. The third-order valence-electron chi connectivity index (χ3n) is 15.4. The van der Waals surface area contributed by atoms with Gasteiger partial charge in [0.25, 0.3) is 5.91 Å². The molecule has 0 unspecified atom stereocenters. The predicted molar refractivity (Wildman–Crippen MR) is 259 cm³/mol. The Morgan fingerprint density at radius 3 is 2.31 bits per heavy atom. The highest BCUT2D eigenvalue weighted by molar-refractivity contribution is 8.03. The summed E-state index contributed by atoms with van der Waals surface area (Å²) in [6, 6.07) is 4.44. The number of nitrogens with one attached hydrogen (secondary N) is 1. The molecule has 4 aliphatic rings. The largest absolute Gasteiger partial charge is 0.493 e. The fourth-order valence-corrected chi connectivity index (χ4v) is 11.7. The second-order valence-electron chi connectivity index (χ2n) is 21.6. The van der Waals surface area contributed by atoms with Crippen molar-refractivity contribution >= 4 is 41.3 Å². The van der Waals surface area contributed by atoms with Gasteiger partial charge >= 0.3 is 11.9 Å². The van der Waals surface area contributed by atoms with Crippen molar-refractivity contribution in [3.05, 3.63) is 34.4 Å². The number of fused-ring (bicyclic) bond motifs is 1. The van der Waals surface area contributed by atoms with Gasteiger partial charge in [0.2, 0.25) is 11.7 Å². The zero-order valence-electron chi connectivity index (χ0n) is 42.2. The standard InChI is InChI=1S/C51H80N4O11S/c1-13-50(6,7)44(58)46(60)54-24-15-14-16-36(54)48(63)66-33(19-17-32-18-20-38(64-11)39(26-32)65-12)28-49(4,5)22-23-51(8,9)53(10)25-21-37(57)35-27-34(29-52-35)67-43-30(2)41-40(31(3)56)45(59)55(41)42(43)47(61)62/h18,20,26,30-31,33-37,40-41,52,56-57H,13-17,19,21-25,27-29H2,1-12H3,(H,61,62)/t30-,31-,33-,34+,35+,36+,37-,40-,41-/m1/s1. The number of ketones is 1. The van der Waals surface area contributed by atoms with Gasteiger partial charge in [-0.3, -0.25) is 14.4 Å². The van der Waals surface area contributed by atoms with Gasteiger partial charge < -0.3 is 49.5 Å². The third-order valence-corrected chi connectivity index (χ3v) is 16.9. The van der Waals surface area contributed by atoms with Crippen LogP contribution in [-0.4, -0.2) is 148 Å². The Kier molecular flexibility index (Phi) is 18.1. The van der Waals surface area contributed by atoms with Crippen LogP contribution in [-0.2, 0) is 35.1 Å². The molecule has 1 aromatic rings. The number of carboxylic acid groups (broad SMARTS) is 1. The Morgan fingerprint density at radius 1 is 1.00 bits per heavy atom. The van der Waals surface area contributed by atoms with Crippen LogP contribution in [0.1, 0.15) is 132 Å². The molecular formula is C51H80N4O11S. The number of Topliss-reactive ketones (excluding diaryl/α,β-unsaturated/α-hetero) is 1. The second kappa shape index (κ2) is 22.4. The van der Waals surface area contributed by atoms with Crippen LogP contribution in [0.4, 0.5) is 0 Å². The summed E-state index contributed by atoms with van der Waals surface area (Å²) in [5.41, 5.74) is -0.284. The van der Waals surface area contributed by atoms with Crippen LogP contribution in [0.3, 0.4) is 0 Å². The minimum Gasteiger partial charge on any atom is -0.493 e. The molecule has 0 aromatic heterocycles. The van der Waals surface area contributed by atoms with E-state index in [1.54, 1.807) is 35.0 Å². The number of hydrogen-bond acceptors (Lipinski definition) is 13. The third kappa shape index (κ3) is 12.6. The van der Waals surface area contributed by atoms with E-state index in [1.807, 2.05) is 32.0 Å². The number of esters is 1. The molecule has 4 heterocycles. The molecule has 5 rings (SSSR count). The van der Waals surface area contributed by atoms with E-state index in [-0.39, 0.29) is 45.8 Å². The molecule has 1 aromatic carbocycles. The summed E-state index contributed by atoms with van der Waals surface area (Å²) in [7, 11) is 5.27. The first-order valence-electron chi connectivity index (χ1n) is 24.4. The highest BCUT2D eigenvalue weighted by atomic mass is 32.2. The van der Waals surface area contributed by atoms with Gasteiger partial charge in [0, 0.05) is 52.7 Å². The zero-order chi connectivity index (χ0) is 49.8. The number of hydrogen-bond donors (Lipinski definition) is 4. The number of rotatable bonds is 24. The summed E-state index contributed by atoms with van der Waals surface area (Å²) in [6.45, 7) is 19.3. The molecule has 3 saturated heterocycles. The van der Waals surface area contributed by atoms with E-state index in [1.165, 1.54) is 21.6 Å². The number of aliphatic hydroxyl groups is 2. The first kappa shape index (κ1) is 54.2. The predicted octanol–water partition coefficient (Wildman–Crippen LogP) is 6.21. The number of piperidine rings is 1. The average Bonchev–Trinajstić information content (AvgIpc) is 3.86. The molecule has 3 fully saturated rings. The smallest absolute Gasteiger partial charge is 0.353 e. The number of aliphatic carboxylic acids is 1. The molecule has 16 heteroatoms. The van der Waals surface area contributed by atoms with Crippen molar-refractivity contribution in [2.75, 3.05) is 40.9 Å². The molecule has 4 aliphatic heterocycles. The Hall–Kier alpha value is -3.70. The van der Waals surface area contributed by atoms with Crippen LogP contribution in [0.5, 0.6) is 11.5 Å². The molecule has 15 nitrogen and oxygen atoms in total. The minimum atomic E-state index is -1.14. The van der Waals surface area contributed by atoms with Gasteiger partial charge in [-0.05, 0) is 122 Å². The summed E-state index contributed by atoms with van der Waals surface area (Å²) >= 11 is 1.48. The average molecular weight is 957 g/mol. The molecule has 0 bridgehead atoms. The van der Waals surface area contributed by atoms with Gasteiger partial charge in [-0.25, -0.2) is 9.59 Å². The van der Waals surface area contributed by atoms with Crippen LogP contribution in [0.25, 0.3) is 0 Å². The number of aryl methyl sites for hydroxylation is 1. The fraction of sp³-hybridized carbons (Fsp3) is 0.745. The number of benzene rings is 1. The lowest BCUT2D eigenvalue weighted by molar-refractivity contribution is -0.165. The summed E-state index contributed by atoms with van der Waals surface area (Å²) in [5, 5.41) is 35.2. The molecule has 67 heavy (non-hydrogen) atoms. The topological polar surface area (TPSA) is 195 Å². The fourth-order valence-electron chi connectivity index (χ4n) is 10.2. The summed E-state index contributed by atoms with van der Waals surface area (Å²) in [4.78, 5) is 72.0. The van der Waals surface area contributed by atoms with Gasteiger partial charge in [0.15, 0.2) is 11.5 Å².